The lowest BCUT2D eigenvalue weighted by Gasteiger charge is -2.37. The number of fused-ring (bicyclic) bond motifs is 1. The lowest BCUT2D eigenvalue weighted by Crippen LogP contribution is -2.48. The quantitative estimate of drug-likeness (QED) is 0.504. The highest BCUT2D eigenvalue weighted by Gasteiger charge is 2.24. The third kappa shape index (κ3) is 5.24. The van der Waals surface area contributed by atoms with Gasteiger partial charge in [0.1, 0.15) is 0 Å². The summed E-state index contributed by atoms with van der Waals surface area (Å²) in [7, 11) is 1.85. The first-order valence-corrected chi connectivity index (χ1v) is 10.4. The number of aliphatic imine (C=N–C) groups is 1. The van der Waals surface area contributed by atoms with Gasteiger partial charge in [-0.25, -0.2) is 0 Å². The standard InChI is InChI=1S/C22H34N4O/c1-17-13-18(2)15-26(14-17)22(23-3)24-11-6-9-21(27)25-12-10-19-7-4-5-8-20(19)16-25/h4-5,7-8,17-18H,6,9-16H2,1-3H3,(H,23,24). The molecule has 1 saturated heterocycles. The first-order valence-electron chi connectivity index (χ1n) is 10.4. The van der Waals surface area contributed by atoms with Crippen LogP contribution in [0.5, 0.6) is 0 Å². The van der Waals surface area contributed by atoms with Gasteiger partial charge in [-0.15, -0.1) is 0 Å². The molecule has 5 nitrogen and oxygen atoms in total. The molecular formula is C22H34N4O. The molecule has 0 aromatic heterocycles. The summed E-state index contributed by atoms with van der Waals surface area (Å²) in [5.74, 6) is 2.65. The molecule has 1 amide bonds. The minimum Gasteiger partial charge on any atom is -0.356 e. The Morgan fingerprint density at radius 1 is 1.15 bits per heavy atom. The predicted octanol–water partition coefficient (Wildman–Crippen LogP) is 2.90. The Labute approximate surface area is 163 Å². The van der Waals surface area contributed by atoms with Gasteiger partial charge in [0.05, 0.1) is 0 Å². The van der Waals surface area contributed by atoms with E-state index in [1.54, 1.807) is 0 Å². The number of benzene rings is 1. The molecule has 148 valence electrons. The highest BCUT2D eigenvalue weighted by molar-refractivity contribution is 5.80. The summed E-state index contributed by atoms with van der Waals surface area (Å²) in [4.78, 5) is 21.4. The van der Waals surface area contributed by atoms with Gasteiger partial charge < -0.3 is 15.1 Å². The predicted molar refractivity (Wildman–Crippen MR) is 111 cm³/mol. The second kappa shape index (κ2) is 9.25. The van der Waals surface area contributed by atoms with E-state index in [0.29, 0.717) is 18.3 Å². The smallest absolute Gasteiger partial charge is 0.222 e. The highest BCUT2D eigenvalue weighted by Crippen LogP contribution is 2.21. The van der Waals surface area contributed by atoms with Crippen LogP contribution in [0.25, 0.3) is 0 Å². The number of carbonyl (C=O) groups is 1. The van der Waals surface area contributed by atoms with Crippen LogP contribution in [-0.4, -0.2) is 54.9 Å². The summed E-state index contributed by atoms with van der Waals surface area (Å²) in [6.07, 6.45) is 3.70. The van der Waals surface area contributed by atoms with Gasteiger partial charge in [0, 0.05) is 46.2 Å². The molecule has 2 heterocycles. The zero-order valence-corrected chi connectivity index (χ0v) is 17.1. The van der Waals surface area contributed by atoms with E-state index in [2.05, 4.69) is 53.3 Å². The average Bonchev–Trinajstić information content (AvgIpc) is 2.66. The maximum Gasteiger partial charge on any atom is 0.222 e. The minimum absolute atomic E-state index is 0.265. The number of likely N-dealkylation sites (tertiary alicyclic amines) is 1. The number of rotatable bonds is 4. The Morgan fingerprint density at radius 3 is 2.56 bits per heavy atom. The summed E-state index contributed by atoms with van der Waals surface area (Å²) in [6, 6.07) is 8.46. The molecule has 2 aliphatic heterocycles. The van der Waals surface area contributed by atoms with Crippen molar-refractivity contribution in [3.63, 3.8) is 0 Å². The zero-order chi connectivity index (χ0) is 19.2. The summed E-state index contributed by atoms with van der Waals surface area (Å²) in [6.45, 7) is 9.15. The highest BCUT2D eigenvalue weighted by atomic mass is 16.2. The Hall–Kier alpha value is -2.04. The van der Waals surface area contributed by atoms with Crippen LogP contribution in [0.4, 0.5) is 0 Å². The third-order valence-corrected chi connectivity index (χ3v) is 5.71. The largest absolute Gasteiger partial charge is 0.356 e. The van der Waals surface area contributed by atoms with Crippen LogP contribution < -0.4 is 5.32 Å². The fourth-order valence-corrected chi connectivity index (χ4v) is 4.47. The molecule has 27 heavy (non-hydrogen) atoms. The van der Waals surface area contributed by atoms with Crippen LogP contribution in [0, 0.1) is 11.8 Å². The third-order valence-electron chi connectivity index (χ3n) is 5.71. The lowest BCUT2D eigenvalue weighted by atomic mass is 9.92. The van der Waals surface area contributed by atoms with Crippen LogP contribution in [0.2, 0.25) is 0 Å². The maximum atomic E-state index is 12.6. The van der Waals surface area contributed by atoms with Gasteiger partial charge in [0.2, 0.25) is 5.91 Å². The molecule has 1 aromatic rings. The Morgan fingerprint density at radius 2 is 1.85 bits per heavy atom. The molecule has 1 aromatic carbocycles. The Kier molecular flexibility index (Phi) is 6.75. The number of amides is 1. The Bertz CT molecular complexity index is 662. The van der Waals surface area contributed by atoms with Crippen molar-refractivity contribution in [2.24, 2.45) is 16.8 Å². The zero-order valence-electron chi connectivity index (χ0n) is 17.1. The van der Waals surface area contributed by atoms with E-state index in [9.17, 15) is 4.79 Å². The molecule has 0 saturated carbocycles. The van der Waals surface area contributed by atoms with Gasteiger partial charge in [-0.1, -0.05) is 38.1 Å². The second-order valence-electron chi connectivity index (χ2n) is 8.26. The van der Waals surface area contributed by atoms with Crippen molar-refractivity contribution in [2.45, 2.75) is 46.1 Å². The van der Waals surface area contributed by atoms with Crippen LogP contribution in [-0.2, 0) is 17.8 Å². The van der Waals surface area contributed by atoms with Gasteiger partial charge in [-0.3, -0.25) is 9.79 Å². The van der Waals surface area contributed by atoms with Crippen LogP contribution >= 0.6 is 0 Å². The number of carbonyl (C=O) groups excluding carboxylic acids is 1. The Balaban J connectivity index is 1.41. The number of guanidine groups is 1. The van der Waals surface area contributed by atoms with Crippen molar-refractivity contribution in [1.29, 1.82) is 0 Å². The van der Waals surface area contributed by atoms with Crippen LogP contribution in [0.15, 0.2) is 29.3 Å². The van der Waals surface area contributed by atoms with Crippen molar-refractivity contribution in [3.8, 4) is 0 Å². The fourth-order valence-electron chi connectivity index (χ4n) is 4.47. The van der Waals surface area contributed by atoms with E-state index < -0.39 is 0 Å². The van der Waals surface area contributed by atoms with Crippen molar-refractivity contribution < 1.29 is 4.79 Å². The topological polar surface area (TPSA) is 47.9 Å². The van der Waals surface area contributed by atoms with Crippen molar-refractivity contribution in [3.05, 3.63) is 35.4 Å². The van der Waals surface area contributed by atoms with E-state index >= 15 is 0 Å². The maximum absolute atomic E-state index is 12.6. The fraction of sp³-hybridized carbons (Fsp3) is 0.636. The van der Waals surface area contributed by atoms with Crippen molar-refractivity contribution in [1.82, 2.24) is 15.1 Å². The van der Waals surface area contributed by atoms with Gasteiger partial charge in [-0.2, -0.15) is 0 Å². The molecule has 1 fully saturated rings. The van der Waals surface area contributed by atoms with Crippen molar-refractivity contribution in [2.75, 3.05) is 33.2 Å². The summed E-state index contributed by atoms with van der Waals surface area (Å²) >= 11 is 0. The van der Waals surface area contributed by atoms with Crippen LogP contribution in [0.1, 0.15) is 44.2 Å². The van der Waals surface area contributed by atoms with Gasteiger partial charge in [0.15, 0.2) is 5.96 Å². The molecule has 3 rings (SSSR count). The number of hydrogen-bond acceptors (Lipinski definition) is 2. The van der Waals surface area contributed by atoms with Gasteiger partial charge in [0.25, 0.3) is 0 Å². The summed E-state index contributed by atoms with van der Waals surface area (Å²) < 4.78 is 0. The van der Waals surface area contributed by atoms with E-state index in [0.717, 1.165) is 51.5 Å². The first-order chi connectivity index (χ1) is 13.1. The van der Waals surface area contributed by atoms with E-state index in [4.69, 9.17) is 0 Å². The normalized spacial score (nSPS) is 23.1. The van der Waals surface area contributed by atoms with Crippen molar-refractivity contribution >= 4 is 11.9 Å². The van der Waals surface area contributed by atoms with E-state index in [-0.39, 0.29) is 5.91 Å². The molecule has 2 unspecified atom stereocenters. The summed E-state index contributed by atoms with van der Waals surface area (Å²) in [5.41, 5.74) is 2.68. The van der Waals surface area contributed by atoms with Gasteiger partial charge >= 0.3 is 0 Å². The minimum atomic E-state index is 0.265. The monoisotopic (exact) mass is 370 g/mol. The van der Waals surface area contributed by atoms with Crippen LogP contribution in [0.3, 0.4) is 0 Å². The number of hydrogen-bond donors (Lipinski definition) is 1. The molecule has 0 spiro atoms. The summed E-state index contributed by atoms with van der Waals surface area (Å²) in [5, 5.41) is 3.46. The molecule has 0 aliphatic carbocycles. The molecule has 0 radical (unpaired) electrons. The van der Waals surface area contributed by atoms with Gasteiger partial charge in [-0.05, 0) is 42.2 Å². The number of nitrogens with one attached hydrogen (secondary N) is 1. The van der Waals surface area contributed by atoms with E-state index in [1.165, 1.54) is 17.5 Å². The molecule has 2 atom stereocenters. The number of piperidine rings is 1. The molecule has 2 aliphatic rings. The first kappa shape index (κ1) is 19.7. The average molecular weight is 371 g/mol. The van der Waals surface area contributed by atoms with E-state index in [1.807, 2.05) is 11.9 Å². The number of nitrogens with zero attached hydrogens (tertiary/aromatic N) is 3. The molecule has 0 bridgehead atoms. The molecular weight excluding hydrogens is 336 g/mol. The molecule has 1 N–H and O–H groups in total. The lowest BCUT2D eigenvalue weighted by molar-refractivity contribution is -0.132. The SMILES string of the molecule is CN=C(NCCCC(=O)N1CCc2ccccc2C1)N1CC(C)CC(C)C1. The second-order valence-corrected chi connectivity index (χ2v) is 8.26. The molecule has 5 heteroatoms.